The zero-order chi connectivity index (χ0) is 14.3. The minimum Gasteiger partial charge on any atom is -0.438 e. The molecule has 0 aromatic rings. The first-order chi connectivity index (χ1) is 9.20. The summed E-state index contributed by atoms with van der Waals surface area (Å²) in [6.07, 6.45) is 8.75. The Balaban J connectivity index is 3.34. The molecule has 0 aromatic carbocycles. The first-order valence-corrected chi connectivity index (χ1v) is 5.92. The van der Waals surface area contributed by atoms with E-state index in [0.29, 0.717) is 0 Å². The van der Waals surface area contributed by atoms with E-state index in [1.807, 2.05) is 12.2 Å². The average Bonchev–Trinajstić information content (AvgIpc) is 2.43. The third-order valence-electron chi connectivity index (χ3n) is 2.00. The van der Waals surface area contributed by atoms with E-state index >= 15 is 0 Å². The highest BCUT2D eigenvalue weighted by atomic mass is 16.7. The van der Waals surface area contributed by atoms with Gasteiger partial charge in [-0.25, -0.2) is 9.59 Å². The summed E-state index contributed by atoms with van der Waals surface area (Å²) in [5.74, 6) is 0. The maximum Gasteiger partial charge on any atom is 0.508 e. The van der Waals surface area contributed by atoms with Gasteiger partial charge in [0.05, 0.1) is 14.2 Å². The normalized spacial score (nSPS) is 10.6. The summed E-state index contributed by atoms with van der Waals surface area (Å²) in [7, 11) is 2.53. The van der Waals surface area contributed by atoms with Crippen molar-refractivity contribution in [3.05, 3.63) is 24.3 Å². The smallest absolute Gasteiger partial charge is 0.438 e. The van der Waals surface area contributed by atoms with Gasteiger partial charge in [0.2, 0.25) is 0 Å². The number of carbonyl (C=O) groups is 2. The predicted molar refractivity (Wildman–Crippen MR) is 68.8 cm³/mol. The molecular weight excluding hydrogens is 252 g/mol. The summed E-state index contributed by atoms with van der Waals surface area (Å²) >= 11 is 0. The summed E-state index contributed by atoms with van der Waals surface area (Å²) in [6.45, 7) is 0.435. The van der Waals surface area contributed by atoms with Crippen LogP contribution in [0.4, 0.5) is 9.59 Å². The van der Waals surface area contributed by atoms with Crippen LogP contribution < -0.4 is 0 Å². The van der Waals surface area contributed by atoms with E-state index in [4.69, 9.17) is 0 Å². The van der Waals surface area contributed by atoms with E-state index in [9.17, 15) is 9.59 Å². The maximum atomic E-state index is 10.6. The first-order valence-electron chi connectivity index (χ1n) is 5.92. The Morgan fingerprint density at radius 1 is 0.789 bits per heavy atom. The second-order valence-corrected chi connectivity index (χ2v) is 3.40. The number of methoxy groups -OCH3 is 2. The zero-order valence-corrected chi connectivity index (χ0v) is 11.3. The second-order valence-electron chi connectivity index (χ2n) is 3.40. The maximum absolute atomic E-state index is 10.6. The van der Waals surface area contributed by atoms with E-state index in [0.717, 1.165) is 19.3 Å². The van der Waals surface area contributed by atoms with Crippen LogP contribution >= 0.6 is 0 Å². The minimum atomic E-state index is -0.682. The first kappa shape index (κ1) is 17.0. The molecule has 0 radical (unpaired) electrons. The molecule has 0 aliphatic rings. The van der Waals surface area contributed by atoms with Crippen LogP contribution in [-0.2, 0) is 18.9 Å². The number of unbranched alkanes of at least 4 members (excludes halogenated alkanes) is 2. The van der Waals surface area contributed by atoms with E-state index in [-0.39, 0.29) is 13.2 Å². The monoisotopic (exact) mass is 272 g/mol. The van der Waals surface area contributed by atoms with Crippen LogP contribution in [-0.4, -0.2) is 39.7 Å². The number of hydrogen-bond donors (Lipinski definition) is 0. The molecule has 0 unspecified atom stereocenters. The Bertz CT molecular complexity index is 278. The molecule has 0 spiro atoms. The van der Waals surface area contributed by atoms with Gasteiger partial charge in [0.1, 0.15) is 13.2 Å². The van der Waals surface area contributed by atoms with Crippen LogP contribution in [0.25, 0.3) is 0 Å². The number of carbonyl (C=O) groups excluding carboxylic acids is 2. The number of rotatable bonds is 8. The Morgan fingerprint density at radius 3 is 1.58 bits per heavy atom. The van der Waals surface area contributed by atoms with Crippen molar-refractivity contribution in [1.29, 1.82) is 0 Å². The fourth-order valence-electron chi connectivity index (χ4n) is 1.08. The molecular formula is C13H20O6. The van der Waals surface area contributed by atoms with Crippen LogP contribution in [0.5, 0.6) is 0 Å². The quantitative estimate of drug-likeness (QED) is 0.384. The molecule has 0 saturated carbocycles. The summed E-state index contributed by atoms with van der Waals surface area (Å²) in [5, 5.41) is 0. The van der Waals surface area contributed by atoms with E-state index in [1.54, 1.807) is 12.2 Å². The molecule has 0 atom stereocenters. The molecule has 0 N–H and O–H groups in total. The molecule has 6 nitrogen and oxygen atoms in total. The summed E-state index contributed by atoms with van der Waals surface area (Å²) in [6, 6.07) is 0. The molecule has 0 aromatic heterocycles. The van der Waals surface area contributed by atoms with Crippen LogP contribution in [0.2, 0.25) is 0 Å². The summed E-state index contributed by atoms with van der Waals surface area (Å²) in [4.78, 5) is 21.2. The van der Waals surface area contributed by atoms with Gasteiger partial charge in [0.15, 0.2) is 0 Å². The lowest BCUT2D eigenvalue weighted by atomic mass is 10.2. The third kappa shape index (κ3) is 12.3. The molecule has 0 aliphatic heterocycles. The van der Waals surface area contributed by atoms with Crippen molar-refractivity contribution in [2.45, 2.75) is 19.3 Å². The molecule has 0 rings (SSSR count). The lowest BCUT2D eigenvalue weighted by Gasteiger charge is -1.98. The van der Waals surface area contributed by atoms with Crippen molar-refractivity contribution in [2.75, 3.05) is 27.4 Å². The van der Waals surface area contributed by atoms with Gasteiger partial charge in [-0.2, -0.15) is 0 Å². The largest absolute Gasteiger partial charge is 0.508 e. The highest BCUT2D eigenvalue weighted by Crippen LogP contribution is 1.98. The molecule has 0 aliphatic carbocycles. The van der Waals surface area contributed by atoms with Gasteiger partial charge in [-0.15, -0.1) is 0 Å². The van der Waals surface area contributed by atoms with E-state index < -0.39 is 12.3 Å². The van der Waals surface area contributed by atoms with Gasteiger partial charge < -0.3 is 18.9 Å². The SMILES string of the molecule is COC(=O)OC/C=C/CCC/C=C/COC(=O)OC. The third-order valence-corrected chi connectivity index (χ3v) is 2.00. The summed E-state index contributed by atoms with van der Waals surface area (Å²) in [5.41, 5.74) is 0. The van der Waals surface area contributed by atoms with Gasteiger partial charge in [-0.3, -0.25) is 0 Å². The predicted octanol–water partition coefficient (Wildman–Crippen LogP) is 2.84. The molecule has 19 heavy (non-hydrogen) atoms. The van der Waals surface area contributed by atoms with Crippen LogP contribution in [0.15, 0.2) is 24.3 Å². The van der Waals surface area contributed by atoms with Crippen molar-refractivity contribution in [1.82, 2.24) is 0 Å². The van der Waals surface area contributed by atoms with Crippen molar-refractivity contribution < 1.29 is 28.5 Å². The Labute approximate surface area is 113 Å². The fourth-order valence-corrected chi connectivity index (χ4v) is 1.08. The van der Waals surface area contributed by atoms with Gasteiger partial charge in [0, 0.05) is 0 Å². The lowest BCUT2D eigenvalue weighted by molar-refractivity contribution is 0.0808. The van der Waals surface area contributed by atoms with E-state index in [1.165, 1.54) is 14.2 Å². The Morgan fingerprint density at radius 2 is 1.21 bits per heavy atom. The molecule has 108 valence electrons. The molecule has 0 amide bonds. The number of ether oxygens (including phenoxy) is 4. The van der Waals surface area contributed by atoms with Crippen LogP contribution in [0, 0.1) is 0 Å². The van der Waals surface area contributed by atoms with Crippen molar-refractivity contribution >= 4 is 12.3 Å². The highest BCUT2D eigenvalue weighted by molar-refractivity contribution is 5.59. The second kappa shape index (κ2) is 12.5. The van der Waals surface area contributed by atoms with Gasteiger partial charge in [-0.05, 0) is 19.3 Å². The van der Waals surface area contributed by atoms with Gasteiger partial charge >= 0.3 is 12.3 Å². The van der Waals surface area contributed by atoms with Crippen molar-refractivity contribution in [3.63, 3.8) is 0 Å². The van der Waals surface area contributed by atoms with Gasteiger partial charge in [-0.1, -0.05) is 24.3 Å². The van der Waals surface area contributed by atoms with Gasteiger partial charge in [0.25, 0.3) is 0 Å². The van der Waals surface area contributed by atoms with Crippen molar-refractivity contribution in [3.8, 4) is 0 Å². The van der Waals surface area contributed by atoms with Crippen LogP contribution in [0.3, 0.4) is 0 Å². The van der Waals surface area contributed by atoms with Crippen LogP contribution in [0.1, 0.15) is 19.3 Å². The molecule has 6 heteroatoms. The zero-order valence-electron chi connectivity index (χ0n) is 11.3. The van der Waals surface area contributed by atoms with Crippen molar-refractivity contribution in [2.24, 2.45) is 0 Å². The molecule has 0 bridgehead atoms. The Kier molecular flexibility index (Phi) is 11.2. The number of allylic oxidation sites excluding steroid dienone is 2. The lowest BCUT2D eigenvalue weighted by Crippen LogP contribution is -2.03. The molecule has 0 fully saturated rings. The molecule has 0 saturated heterocycles. The molecule has 0 heterocycles. The number of hydrogen-bond acceptors (Lipinski definition) is 6. The summed E-state index contributed by atoms with van der Waals surface area (Å²) < 4.78 is 17.9. The fraction of sp³-hybridized carbons (Fsp3) is 0.538. The minimum absolute atomic E-state index is 0.218. The Hall–Kier alpha value is -1.98. The topological polar surface area (TPSA) is 71.1 Å². The average molecular weight is 272 g/mol. The van der Waals surface area contributed by atoms with E-state index in [2.05, 4.69) is 18.9 Å². The standard InChI is InChI=1S/C13H20O6/c1-16-12(14)18-10-8-6-4-3-5-7-9-11-19-13(15)17-2/h6-9H,3-5,10-11H2,1-2H3/b8-6+,9-7+. The highest BCUT2D eigenvalue weighted by Gasteiger charge is 1.96.